The Morgan fingerprint density at radius 2 is 2.06 bits per heavy atom. The minimum absolute atomic E-state index is 0.184. The third-order valence-corrected chi connectivity index (χ3v) is 7.32. The molecule has 0 atom stereocenters. The van der Waals surface area contributed by atoms with Gasteiger partial charge in [0.1, 0.15) is 10.9 Å². The van der Waals surface area contributed by atoms with Crippen LogP contribution in [-0.4, -0.2) is 41.4 Å². The van der Waals surface area contributed by atoms with Crippen LogP contribution in [0, 0.1) is 0 Å². The van der Waals surface area contributed by atoms with Gasteiger partial charge in [-0.1, -0.05) is 60.7 Å². The Hall–Kier alpha value is -2.07. The quantitative estimate of drug-likeness (QED) is 0.164. The van der Waals surface area contributed by atoms with Gasteiger partial charge in [0.15, 0.2) is 11.5 Å². The van der Waals surface area contributed by atoms with Gasteiger partial charge in [0.2, 0.25) is 0 Å². The van der Waals surface area contributed by atoms with Crippen LogP contribution in [0.1, 0.15) is 37.3 Å². The summed E-state index contributed by atoms with van der Waals surface area (Å²) >= 11 is 16.4. The first-order valence-corrected chi connectivity index (χ1v) is 13.4. The fourth-order valence-corrected chi connectivity index (χ4v) is 5.32. The summed E-state index contributed by atoms with van der Waals surface area (Å²) in [4.78, 5) is 26.6. The predicted molar refractivity (Wildman–Crippen MR) is 147 cm³/mol. The van der Waals surface area contributed by atoms with Crippen molar-refractivity contribution in [2.75, 3.05) is 20.3 Å². The van der Waals surface area contributed by atoms with E-state index in [1.54, 1.807) is 19.3 Å². The summed E-state index contributed by atoms with van der Waals surface area (Å²) in [6.07, 6.45) is 3.27. The van der Waals surface area contributed by atoms with Crippen LogP contribution in [0.2, 0.25) is 5.02 Å². The maximum Gasteiger partial charge on any atom is 0.305 e. The van der Waals surface area contributed by atoms with Crippen LogP contribution in [0.4, 0.5) is 0 Å². The van der Waals surface area contributed by atoms with Crippen molar-refractivity contribution in [2.45, 2.75) is 32.8 Å². The molecule has 0 aliphatic carbocycles. The third-order valence-electron chi connectivity index (χ3n) is 4.98. The molecule has 2 aromatic carbocycles. The van der Waals surface area contributed by atoms with Gasteiger partial charge in [0.25, 0.3) is 5.91 Å². The topological polar surface area (TPSA) is 65.1 Å². The summed E-state index contributed by atoms with van der Waals surface area (Å²) < 4.78 is 17.7. The van der Waals surface area contributed by atoms with Crippen LogP contribution >= 0.6 is 51.5 Å². The lowest BCUT2D eigenvalue weighted by Crippen LogP contribution is -2.29. The average molecular weight is 599 g/mol. The molecule has 2 aromatic rings. The molecular weight excluding hydrogens is 574 g/mol. The van der Waals surface area contributed by atoms with Crippen molar-refractivity contribution in [3.63, 3.8) is 0 Å². The molecule has 0 saturated carbocycles. The summed E-state index contributed by atoms with van der Waals surface area (Å²) in [5.74, 6) is 0.600. The Bertz CT molecular complexity index is 1140. The zero-order valence-corrected chi connectivity index (χ0v) is 23.3. The normalized spacial score (nSPS) is 14.5. The van der Waals surface area contributed by atoms with Gasteiger partial charge in [-0.2, -0.15) is 0 Å². The Balaban J connectivity index is 1.69. The molecule has 3 rings (SSSR count). The number of ether oxygens (including phenoxy) is 3. The van der Waals surface area contributed by atoms with E-state index < -0.39 is 0 Å². The monoisotopic (exact) mass is 597 g/mol. The predicted octanol–water partition coefficient (Wildman–Crippen LogP) is 6.62. The highest BCUT2D eigenvalue weighted by atomic mass is 79.9. The van der Waals surface area contributed by atoms with Gasteiger partial charge in [0, 0.05) is 23.6 Å². The standard InChI is InChI=1S/C25H25BrClNO5S2/c1-3-11-32-22(29)9-6-10-28-24(30)21(35-25(28)34)14-16-12-18(26)23(20(13-16)31-2)33-15-17-7-4-5-8-19(17)27/h4-5,7-8,12-14H,3,6,9-11,15H2,1-2H3/b21-14-. The molecule has 1 aliphatic rings. The van der Waals surface area contributed by atoms with Crippen molar-refractivity contribution in [1.82, 2.24) is 4.90 Å². The van der Waals surface area contributed by atoms with Crippen molar-refractivity contribution < 1.29 is 23.8 Å². The number of hydrogen-bond donors (Lipinski definition) is 0. The number of halogens is 2. The first-order chi connectivity index (χ1) is 16.8. The smallest absolute Gasteiger partial charge is 0.305 e. The zero-order valence-electron chi connectivity index (χ0n) is 19.3. The number of carbonyl (C=O) groups excluding carboxylic acids is 2. The van der Waals surface area contributed by atoms with Crippen molar-refractivity contribution in [1.29, 1.82) is 0 Å². The molecule has 186 valence electrons. The first kappa shape index (κ1) is 27.5. The number of methoxy groups -OCH3 is 1. The Morgan fingerprint density at radius 3 is 2.77 bits per heavy atom. The van der Waals surface area contributed by atoms with E-state index in [4.69, 9.17) is 38.0 Å². The van der Waals surface area contributed by atoms with E-state index in [2.05, 4.69) is 15.9 Å². The summed E-state index contributed by atoms with van der Waals surface area (Å²) in [5, 5.41) is 0.624. The third kappa shape index (κ3) is 7.46. The van der Waals surface area contributed by atoms with E-state index in [1.165, 1.54) is 16.7 Å². The first-order valence-electron chi connectivity index (χ1n) is 11.0. The molecule has 1 amide bonds. The van der Waals surface area contributed by atoms with Crippen LogP contribution in [0.3, 0.4) is 0 Å². The number of amides is 1. The van der Waals surface area contributed by atoms with Crippen LogP contribution in [0.15, 0.2) is 45.8 Å². The Labute approximate surface area is 228 Å². The van der Waals surface area contributed by atoms with Gasteiger partial charge in [-0.05, 0) is 58.6 Å². The SMILES string of the molecule is CCCOC(=O)CCCN1C(=O)/C(=C/c2cc(Br)c(OCc3ccccc3Cl)c(OC)c2)SC1=S. The van der Waals surface area contributed by atoms with Crippen LogP contribution in [0.25, 0.3) is 6.08 Å². The van der Waals surface area contributed by atoms with Gasteiger partial charge in [0.05, 0.1) is 23.1 Å². The molecule has 35 heavy (non-hydrogen) atoms. The van der Waals surface area contributed by atoms with Crippen molar-refractivity contribution in [2.24, 2.45) is 0 Å². The molecule has 0 N–H and O–H groups in total. The fourth-order valence-electron chi connectivity index (χ4n) is 3.24. The van der Waals surface area contributed by atoms with E-state index in [9.17, 15) is 9.59 Å². The maximum absolute atomic E-state index is 12.9. The summed E-state index contributed by atoms with van der Waals surface area (Å²) in [6.45, 7) is 2.99. The number of thioether (sulfide) groups is 1. The molecule has 0 unspecified atom stereocenters. The molecule has 0 bridgehead atoms. The number of carbonyl (C=O) groups is 2. The van der Waals surface area contributed by atoms with E-state index in [0.717, 1.165) is 17.5 Å². The molecule has 1 fully saturated rings. The molecule has 1 heterocycles. The molecule has 1 saturated heterocycles. The Morgan fingerprint density at radius 1 is 1.29 bits per heavy atom. The molecular formula is C25H25BrClNO5S2. The van der Waals surface area contributed by atoms with Crippen molar-refractivity contribution in [3.05, 3.63) is 61.9 Å². The van der Waals surface area contributed by atoms with Crippen molar-refractivity contribution >= 4 is 73.8 Å². The highest BCUT2D eigenvalue weighted by molar-refractivity contribution is 9.10. The Kier molecular flexibility index (Phi) is 10.5. The molecule has 6 nitrogen and oxygen atoms in total. The second-order valence-electron chi connectivity index (χ2n) is 7.57. The number of hydrogen-bond acceptors (Lipinski definition) is 7. The molecule has 10 heteroatoms. The van der Waals surface area contributed by atoms with Crippen LogP contribution < -0.4 is 9.47 Å². The average Bonchev–Trinajstić information content (AvgIpc) is 3.10. The summed E-state index contributed by atoms with van der Waals surface area (Å²) in [5.41, 5.74) is 1.61. The fraction of sp³-hybridized carbons (Fsp3) is 0.320. The number of thiocarbonyl (C=S) groups is 1. The summed E-state index contributed by atoms with van der Waals surface area (Å²) in [6, 6.07) is 11.1. The van der Waals surface area contributed by atoms with E-state index in [1.807, 2.05) is 37.3 Å². The molecule has 0 aromatic heterocycles. The largest absolute Gasteiger partial charge is 0.493 e. The minimum Gasteiger partial charge on any atom is -0.493 e. The number of esters is 1. The van der Waals surface area contributed by atoms with Crippen LogP contribution in [-0.2, 0) is 20.9 Å². The molecule has 0 spiro atoms. The second kappa shape index (κ2) is 13.3. The van der Waals surface area contributed by atoms with E-state index >= 15 is 0 Å². The lowest BCUT2D eigenvalue weighted by atomic mass is 10.1. The lowest BCUT2D eigenvalue weighted by Gasteiger charge is -2.14. The van der Waals surface area contributed by atoms with Gasteiger partial charge in [-0.15, -0.1) is 0 Å². The van der Waals surface area contributed by atoms with Crippen LogP contribution in [0.5, 0.6) is 11.5 Å². The maximum atomic E-state index is 12.9. The number of rotatable bonds is 11. The van der Waals surface area contributed by atoms with Gasteiger partial charge >= 0.3 is 5.97 Å². The lowest BCUT2D eigenvalue weighted by molar-refractivity contribution is -0.144. The minimum atomic E-state index is -0.262. The highest BCUT2D eigenvalue weighted by Gasteiger charge is 2.31. The molecule has 1 aliphatic heterocycles. The number of nitrogens with zero attached hydrogens (tertiary/aromatic N) is 1. The van der Waals surface area contributed by atoms with E-state index in [-0.39, 0.29) is 24.9 Å². The van der Waals surface area contributed by atoms with Gasteiger partial charge < -0.3 is 14.2 Å². The van der Waals surface area contributed by atoms with Crippen molar-refractivity contribution in [3.8, 4) is 11.5 Å². The summed E-state index contributed by atoms with van der Waals surface area (Å²) in [7, 11) is 1.55. The molecule has 0 radical (unpaired) electrons. The zero-order chi connectivity index (χ0) is 25.4. The second-order valence-corrected chi connectivity index (χ2v) is 10.5. The number of benzene rings is 2. The van der Waals surface area contributed by atoms with E-state index in [0.29, 0.717) is 49.8 Å². The van der Waals surface area contributed by atoms with Gasteiger partial charge in [-0.25, -0.2) is 0 Å². The van der Waals surface area contributed by atoms with Gasteiger partial charge in [-0.3, -0.25) is 14.5 Å². The highest BCUT2D eigenvalue weighted by Crippen LogP contribution is 2.39.